The second-order valence-corrected chi connectivity index (χ2v) is 7.49. The van der Waals surface area contributed by atoms with Gasteiger partial charge in [-0.1, -0.05) is 17.7 Å². The zero-order valence-electron chi connectivity index (χ0n) is 16.6. The number of hydrogen-bond acceptors (Lipinski definition) is 6. The first-order valence-electron chi connectivity index (χ1n) is 9.34. The number of nitrogens with one attached hydrogen (secondary N) is 1. The number of pyridine rings is 2. The maximum Gasteiger partial charge on any atom is 0.273 e. The molecular formula is C21H20ClN7O. The van der Waals surface area contributed by atoms with Crippen molar-refractivity contribution in [3.63, 3.8) is 0 Å². The van der Waals surface area contributed by atoms with Gasteiger partial charge in [0.1, 0.15) is 5.82 Å². The van der Waals surface area contributed by atoms with Crippen LogP contribution in [-0.2, 0) is 13.1 Å². The van der Waals surface area contributed by atoms with Gasteiger partial charge in [0, 0.05) is 23.8 Å². The first kappa shape index (κ1) is 19.8. The van der Waals surface area contributed by atoms with E-state index in [1.807, 2.05) is 38.1 Å². The van der Waals surface area contributed by atoms with E-state index in [0.29, 0.717) is 23.9 Å². The van der Waals surface area contributed by atoms with E-state index in [0.717, 1.165) is 33.3 Å². The predicted octanol–water partition coefficient (Wildman–Crippen LogP) is 3.05. The maximum absolute atomic E-state index is 12.5. The highest BCUT2D eigenvalue weighted by Gasteiger charge is 2.13. The number of amides is 1. The normalized spacial score (nSPS) is 11.0. The van der Waals surface area contributed by atoms with Crippen molar-refractivity contribution < 1.29 is 4.79 Å². The fourth-order valence-electron chi connectivity index (χ4n) is 3.31. The second-order valence-electron chi connectivity index (χ2n) is 7.05. The quantitative estimate of drug-likeness (QED) is 0.512. The fraction of sp³-hybridized carbons (Fsp3) is 0.190. The number of carbonyl (C=O) groups is 1. The number of carbonyl (C=O) groups excluding carboxylic acids is 1. The van der Waals surface area contributed by atoms with Crippen LogP contribution in [-0.4, -0.2) is 30.9 Å². The van der Waals surface area contributed by atoms with E-state index in [2.05, 4.69) is 25.5 Å². The van der Waals surface area contributed by atoms with Gasteiger partial charge in [0.15, 0.2) is 5.69 Å². The monoisotopic (exact) mass is 421 g/mol. The van der Waals surface area contributed by atoms with Crippen LogP contribution >= 0.6 is 11.6 Å². The SMILES string of the molecule is Cc1cc(N)nc(C)c1CNC(=O)c1cnn(Cc2ccc3ncc(Cl)cc3c2)n1. The van der Waals surface area contributed by atoms with E-state index in [1.165, 1.54) is 11.0 Å². The van der Waals surface area contributed by atoms with Crippen LogP contribution in [0.5, 0.6) is 0 Å². The van der Waals surface area contributed by atoms with Crippen molar-refractivity contribution in [1.82, 2.24) is 30.3 Å². The smallest absolute Gasteiger partial charge is 0.273 e. The number of benzene rings is 1. The molecule has 0 radical (unpaired) electrons. The van der Waals surface area contributed by atoms with Crippen LogP contribution in [0.1, 0.15) is 32.9 Å². The Bertz CT molecular complexity index is 1230. The lowest BCUT2D eigenvalue weighted by molar-refractivity contribution is 0.0945. The molecule has 4 rings (SSSR count). The third-order valence-corrected chi connectivity index (χ3v) is 5.01. The summed E-state index contributed by atoms with van der Waals surface area (Å²) in [5.41, 5.74) is 10.6. The summed E-state index contributed by atoms with van der Waals surface area (Å²) in [5.74, 6) is 0.168. The minimum absolute atomic E-state index is 0.249. The van der Waals surface area contributed by atoms with Gasteiger partial charge in [-0.3, -0.25) is 9.78 Å². The summed E-state index contributed by atoms with van der Waals surface area (Å²) in [4.78, 5) is 22.5. The largest absolute Gasteiger partial charge is 0.384 e. The molecule has 9 heteroatoms. The Morgan fingerprint density at radius 2 is 2.03 bits per heavy atom. The van der Waals surface area contributed by atoms with E-state index >= 15 is 0 Å². The molecule has 4 aromatic rings. The molecule has 3 heterocycles. The number of rotatable bonds is 5. The highest BCUT2D eigenvalue weighted by molar-refractivity contribution is 6.31. The number of anilines is 1. The molecule has 0 atom stereocenters. The van der Waals surface area contributed by atoms with Gasteiger partial charge in [0.05, 0.1) is 23.3 Å². The molecule has 0 unspecified atom stereocenters. The molecule has 0 saturated carbocycles. The molecule has 30 heavy (non-hydrogen) atoms. The van der Waals surface area contributed by atoms with Crippen LogP contribution in [0, 0.1) is 13.8 Å². The van der Waals surface area contributed by atoms with E-state index in [9.17, 15) is 4.79 Å². The van der Waals surface area contributed by atoms with E-state index in [1.54, 1.807) is 12.3 Å². The molecule has 0 aliphatic carbocycles. The molecule has 3 aromatic heterocycles. The van der Waals surface area contributed by atoms with Gasteiger partial charge in [-0.2, -0.15) is 9.90 Å². The van der Waals surface area contributed by atoms with Gasteiger partial charge in [0.25, 0.3) is 5.91 Å². The molecule has 0 aliphatic heterocycles. The lowest BCUT2D eigenvalue weighted by atomic mass is 10.1. The van der Waals surface area contributed by atoms with Gasteiger partial charge < -0.3 is 11.1 Å². The number of aromatic nitrogens is 5. The number of nitrogens with zero attached hydrogens (tertiary/aromatic N) is 5. The van der Waals surface area contributed by atoms with Crippen LogP contribution in [0.3, 0.4) is 0 Å². The standard InChI is InChI=1S/C21H20ClN7O/c1-12-5-20(23)27-13(2)17(12)9-25-21(30)19-10-26-29(28-19)11-14-3-4-18-15(6-14)7-16(22)8-24-18/h3-8,10H,9,11H2,1-2H3,(H2,23,27)(H,25,30). The summed E-state index contributed by atoms with van der Waals surface area (Å²) < 4.78 is 0. The van der Waals surface area contributed by atoms with Crippen molar-refractivity contribution in [3.05, 3.63) is 75.8 Å². The van der Waals surface area contributed by atoms with Gasteiger partial charge in [-0.15, -0.1) is 5.10 Å². The Morgan fingerprint density at radius 3 is 2.83 bits per heavy atom. The average molecular weight is 422 g/mol. The molecule has 8 nitrogen and oxygen atoms in total. The first-order chi connectivity index (χ1) is 14.4. The Morgan fingerprint density at radius 1 is 1.20 bits per heavy atom. The minimum atomic E-state index is -0.300. The third-order valence-electron chi connectivity index (χ3n) is 4.81. The third kappa shape index (κ3) is 4.23. The Balaban J connectivity index is 1.44. The highest BCUT2D eigenvalue weighted by Crippen LogP contribution is 2.19. The van der Waals surface area contributed by atoms with Gasteiger partial charge in [0.2, 0.25) is 0 Å². The van der Waals surface area contributed by atoms with Gasteiger partial charge >= 0.3 is 0 Å². The second kappa shape index (κ2) is 8.08. The summed E-state index contributed by atoms with van der Waals surface area (Å²) in [6, 6.07) is 9.50. The van der Waals surface area contributed by atoms with Crippen molar-refractivity contribution in [2.75, 3.05) is 5.73 Å². The molecule has 3 N–H and O–H groups in total. The Labute approximate surface area is 178 Å². The van der Waals surface area contributed by atoms with Crippen molar-refractivity contribution in [2.45, 2.75) is 26.9 Å². The number of nitrogen functional groups attached to an aromatic ring is 1. The zero-order valence-corrected chi connectivity index (χ0v) is 17.3. The molecular weight excluding hydrogens is 402 g/mol. The highest BCUT2D eigenvalue weighted by atomic mass is 35.5. The number of nitrogens with two attached hydrogens (primary N) is 1. The summed E-state index contributed by atoms with van der Waals surface area (Å²) in [5, 5.41) is 12.9. The Hall–Kier alpha value is -3.52. The number of hydrogen-bond donors (Lipinski definition) is 2. The van der Waals surface area contributed by atoms with Crippen LogP contribution in [0.15, 0.2) is 42.7 Å². The van der Waals surface area contributed by atoms with E-state index < -0.39 is 0 Å². The van der Waals surface area contributed by atoms with Crippen LogP contribution in [0.2, 0.25) is 5.02 Å². The predicted molar refractivity (Wildman–Crippen MR) is 115 cm³/mol. The lowest BCUT2D eigenvalue weighted by Gasteiger charge is -2.10. The fourth-order valence-corrected chi connectivity index (χ4v) is 3.47. The first-order valence-corrected chi connectivity index (χ1v) is 9.72. The van der Waals surface area contributed by atoms with Crippen molar-refractivity contribution in [3.8, 4) is 0 Å². The summed E-state index contributed by atoms with van der Waals surface area (Å²) in [6.07, 6.45) is 3.07. The number of halogens is 1. The van der Waals surface area contributed by atoms with Crippen LogP contribution in [0.25, 0.3) is 10.9 Å². The number of fused-ring (bicyclic) bond motifs is 1. The van der Waals surface area contributed by atoms with Gasteiger partial charge in [-0.05, 0) is 54.8 Å². The summed E-state index contributed by atoms with van der Waals surface area (Å²) >= 11 is 6.02. The summed E-state index contributed by atoms with van der Waals surface area (Å²) in [6.45, 7) is 4.58. The van der Waals surface area contributed by atoms with Crippen molar-refractivity contribution >= 4 is 34.2 Å². The lowest BCUT2D eigenvalue weighted by Crippen LogP contribution is -2.24. The average Bonchev–Trinajstić information content (AvgIpc) is 3.15. The maximum atomic E-state index is 12.5. The van der Waals surface area contributed by atoms with Crippen LogP contribution < -0.4 is 11.1 Å². The minimum Gasteiger partial charge on any atom is -0.384 e. The summed E-state index contributed by atoms with van der Waals surface area (Å²) in [7, 11) is 0. The molecule has 0 saturated heterocycles. The molecule has 0 spiro atoms. The molecule has 1 amide bonds. The van der Waals surface area contributed by atoms with E-state index in [-0.39, 0.29) is 11.6 Å². The Kier molecular flexibility index (Phi) is 5.33. The molecule has 0 aliphatic rings. The van der Waals surface area contributed by atoms with E-state index in [4.69, 9.17) is 17.3 Å². The topological polar surface area (TPSA) is 112 Å². The van der Waals surface area contributed by atoms with Crippen molar-refractivity contribution in [1.29, 1.82) is 0 Å². The molecule has 1 aromatic carbocycles. The van der Waals surface area contributed by atoms with Gasteiger partial charge in [-0.25, -0.2) is 4.98 Å². The number of aryl methyl sites for hydroxylation is 2. The zero-order chi connectivity index (χ0) is 21.3. The molecule has 152 valence electrons. The molecule has 0 bridgehead atoms. The van der Waals surface area contributed by atoms with Crippen LogP contribution in [0.4, 0.5) is 5.82 Å². The van der Waals surface area contributed by atoms with Crippen molar-refractivity contribution in [2.24, 2.45) is 0 Å². The molecule has 0 fully saturated rings.